The maximum Gasteiger partial charge on any atom is 0.230 e. The molecule has 0 unspecified atom stereocenters. The SMILES string of the molecule is C[C@H](COc1ccc(O)cc1)C(=O)Nc1ccccc1. The molecule has 0 aliphatic heterocycles. The van der Waals surface area contributed by atoms with Gasteiger partial charge >= 0.3 is 0 Å². The number of hydrogen-bond donors (Lipinski definition) is 2. The first-order chi connectivity index (χ1) is 9.65. The van der Waals surface area contributed by atoms with E-state index in [2.05, 4.69) is 5.32 Å². The van der Waals surface area contributed by atoms with Gasteiger partial charge in [-0.05, 0) is 36.4 Å². The third kappa shape index (κ3) is 4.02. The van der Waals surface area contributed by atoms with Crippen molar-refractivity contribution in [1.29, 1.82) is 0 Å². The van der Waals surface area contributed by atoms with Crippen molar-refractivity contribution in [3.8, 4) is 11.5 Å². The Kier molecular flexibility index (Phi) is 4.60. The topological polar surface area (TPSA) is 58.6 Å². The predicted molar refractivity (Wildman–Crippen MR) is 77.8 cm³/mol. The number of anilines is 1. The van der Waals surface area contributed by atoms with Gasteiger partial charge in [0.1, 0.15) is 11.5 Å². The minimum absolute atomic E-state index is 0.0880. The van der Waals surface area contributed by atoms with Gasteiger partial charge in [0.25, 0.3) is 0 Å². The first-order valence-electron chi connectivity index (χ1n) is 6.43. The lowest BCUT2D eigenvalue weighted by molar-refractivity contribution is -0.120. The zero-order valence-corrected chi connectivity index (χ0v) is 11.2. The van der Waals surface area contributed by atoms with Gasteiger partial charge in [-0.15, -0.1) is 0 Å². The highest BCUT2D eigenvalue weighted by atomic mass is 16.5. The van der Waals surface area contributed by atoms with E-state index in [4.69, 9.17) is 9.84 Å². The average molecular weight is 271 g/mol. The summed E-state index contributed by atoms with van der Waals surface area (Å²) in [6.07, 6.45) is 0. The predicted octanol–water partition coefficient (Wildman–Crippen LogP) is 3.05. The van der Waals surface area contributed by atoms with E-state index in [9.17, 15) is 4.79 Å². The molecule has 4 heteroatoms. The Morgan fingerprint density at radius 2 is 1.80 bits per heavy atom. The molecule has 2 N–H and O–H groups in total. The highest BCUT2D eigenvalue weighted by Gasteiger charge is 2.13. The number of ether oxygens (including phenoxy) is 1. The number of hydrogen-bond acceptors (Lipinski definition) is 3. The molecule has 2 aromatic rings. The second-order valence-corrected chi connectivity index (χ2v) is 4.56. The summed E-state index contributed by atoms with van der Waals surface area (Å²) in [6, 6.07) is 15.7. The van der Waals surface area contributed by atoms with E-state index in [1.54, 1.807) is 31.2 Å². The molecule has 20 heavy (non-hydrogen) atoms. The Balaban J connectivity index is 1.83. The summed E-state index contributed by atoms with van der Waals surface area (Å²) in [5, 5.41) is 12.0. The summed E-state index contributed by atoms with van der Waals surface area (Å²) in [5.74, 6) is 0.452. The number of phenolic OH excluding ortho intramolecular Hbond substituents is 1. The van der Waals surface area contributed by atoms with E-state index in [1.165, 1.54) is 0 Å². The van der Waals surface area contributed by atoms with Gasteiger partial charge in [-0.25, -0.2) is 0 Å². The van der Waals surface area contributed by atoms with E-state index in [1.807, 2.05) is 30.3 Å². The van der Waals surface area contributed by atoms with Crippen molar-refractivity contribution in [2.75, 3.05) is 11.9 Å². The highest BCUT2D eigenvalue weighted by Crippen LogP contribution is 2.17. The molecule has 0 heterocycles. The molecule has 0 saturated carbocycles. The molecule has 0 fully saturated rings. The van der Waals surface area contributed by atoms with Crippen LogP contribution in [0.4, 0.5) is 5.69 Å². The number of carbonyl (C=O) groups excluding carboxylic acids is 1. The quantitative estimate of drug-likeness (QED) is 0.878. The van der Waals surface area contributed by atoms with Crippen LogP contribution in [0.3, 0.4) is 0 Å². The fraction of sp³-hybridized carbons (Fsp3) is 0.188. The van der Waals surface area contributed by atoms with Crippen LogP contribution < -0.4 is 10.1 Å². The summed E-state index contributed by atoms with van der Waals surface area (Å²) < 4.78 is 5.51. The van der Waals surface area contributed by atoms with E-state index >= 15 is 0 Å². The lowest BCUT2D eigenvalue weighted by Gasteiger charge is -2.13. The zero-order valence-electron chi connectivity index (χ0n) is 11.2. The number of phenols is 1. The Morgan fingerprint density at radius 1 is 1.15 bits per heavy atom. The summed E-state index contributed by atoms with van der Waals surface area (Å²) >= 11 is 0. The molecule has 0 aliphatic carbocycles. The smallest absolute Gasteiger partial charge is 0.230 e. The molecule has 104 valence electrons. The van der Waals surface area contributed by atoms with Crippen LogP contribution in [0.1, 0.15) is 6.92 Å². The Hall–Kier alpha value is -2.49. The van der Waals surface area contributed by atoms with Crippen molar-refractivity contribution in [1.82, 2.24) is 0 Å². The van der Waals surface area contributed by atoms with Gasteiger partial charge in [0.05, 0.1) is 12.5 Å². The van der Waals surface area contributed by atoms with Gasteiger partial charge in [0, 0.05) is 5.69 Å². The van der Waals surface area contributed by atoms with Crippen molar-refractivity contribution in [3.05, 3.63) is 54.6 Å². The van der Waals surface area contributed by atoms with Crippen molar-refractivity contribution in [2.24, 2.45) is 5.92 Å². The normalized spacial score (nSPS) is 11.7. The first kappa shape index (κ1) is 13.9. The van der Waals surface area contributed by atoms with E-state index in [0.29, 0.717) is 5.75 Å². The minimum Gasteiger partial charge on any atom is -0.508 e. The Bertz CT molecular complexity index is 552. The lowest BCUT2D eigenvalue weighted by Crippen LogP contribution is -2.25. The maximum absolute atomic E-state index is 12.0. The molecule has 0 saturated heterocycles. The number of carbonyl (C=O) groups is 1. The van der Waals surface area contributed by atoms with Crippen molar-refractivity contribution >= 4 is 11.6 Å². The average Bonchev–Trinajstić information content (AvgIpc) is 2.47. The summed E-state index contributed by atoms with van der Waals surface area (Å²) in [4.78, 5) is 12.0. The van der Waals surface area contributed by atoms with Crippen molar-refractivity contribution in [2.45, 2.75) is 6.92 Å². The van der Waals surface area contributed by atoms with Crippen LogP contribution in [0.25, 0.3) is 0 Å². The molecule has 4 nitrogen and oxygen atoms in total. The zero-order chi connectivity index (χ0) is 14.4. The van der Waals surface area contributed by atoms with Crippen molar-refractivity contribution in [3.63, 3.8) is 0 Å². The fourth-order valence-corrected chi connectivity index (χ4v) is 1.63. The van der Waals surface area contributed by atoms with Crippen LogP contribution in [-0.4, -0.2) is 17.6 Å². The largest absolute Gasteiger partial charge is 0.508 e. The van der Waals surface area contributed by atoms with Gasteiger partial charge in [-0.1, -0.05) is 25.1 Å². The molecule has 2 rings (SSSR count). The number of amides is 1. The van der Waals surface area contributed by atoms with E-state index in [0.717, 1.165) is 5.69 Å². The van der Waals surface area contributed by atoms with Crippen LogP contribution in [-0.2, 0) is 4.79 Å². The second-order valence-electron chi connectivity index (χ2n) is 4.56. The van der Waals surface area contributed by atoms with Gasteiger partial charge in [0.15, 0.2) is 0 Å². The van der Waals surface area contributed by atoms with Gasteiger partial charge in [-0.2, -0.15) is 0 Å². The van der Waals surface area contributed by atoms with Gasteiger partial charge in [0.2, 0.25) is 5.91 Å². The second kappa shape index (κ2) is 6.61. The van der Waals surface area contributed by atoms with Crippen molar-refractivity contribution < 1.29 is 14.6 Å². The molecule has 2 aromatic carbocycles. The third-order valence-corrected chi connectivity index (χ3v) is 2.83. The molecule has 0 bridgehead atoms. The molecule has 1 amide bonds. The Morgan fingerprint density at radius 3 is 2.45 bits per heavy atom. The fourth-order valence-electron chi connectivity index (χ4n) is 1.63. The summed E-state index contributed by atoms with van der Waals surface area (Å²) in [5.41, 5.74) is 0.772. The van der Waals surface area contributed by atoms with Crippen LogP contribution in [0.15, 0.2) is 54.6 Å². The molecule has 1 atom stereocenters. The molecule has 0 radical (unpaired) electrons. The minimum atomic E-state index is -0.274. The molecule has 0 spiro atoms. The van der Waals surface area contributed by atoms with Crippen LogP contribution in [0.5, 0.6) is 11.5 Å². The lowest BCUT2D eigenvalue weighted by atomic mass is 10.2. The standard InChI is InChI=1S/C16H17NO3/c1-12(11-20-15-9-7-14(18)8-10-15)16(19)17-13-5-3-2-4-6-13/h2-10,12,18H,11H2,1H3,(H,17,19)/t12-/m1/s1. The molecular weight excluding hydrogens is 254 g/mol. The number of benzene rings is 2. The first-order valence-corrected chi connectivity index (χ1v) is 6.43. The number of para-hydroxylation sites is 1. The number of rotatable bonds is 5. The summed E-state index contributed by atoms with van der Waals surface area (Å²) in [6.45, 7) is 2.09. The summed E-state index contributed by atoms with van der Waals surface area (Å²) in [7, 11) is 0. The van der Waals surface area contributed by atoms with E-state index < -0.39 is 0 Å². The van der Waals surface area contributed by atoms with Crippen LogP contribution in [0.2, 0.25) is 0 Å². The number of aromatic hydroxyl groups is 1. The highest BCUT2D eigenvalue weighted by molar-refractivity contribution is 5.92. The Labute approximate surface area is 118 Å². The van der Waals surface area contributed by atoms with Crippen LogP contribution >= 0.6 is 0 Å². The van der Waals surface area contributed by atoms with Crippen LogP contribution in [0, 0.1) is 5.92 Å². The monoisotopic (exact) mass is 271 g/mol. The van der Waals surface area contributed by atoms with Gasteiger partial charge in [-0.3, -0.25) is 4.79 Å². The molecule has 0 aromatic heterocycles. The molecule has 0 aliphatic rings. The van der Waals surface area contributed by atoms with Gasteiger partial charge < -0.3 is 15.2 Å². The molecular formula is C16H17NO3. The maximum atomic E-state index is 12.0. The third-order valence-electron chi connectivity index (χ3n) is 2.83. The number of nitrogens with one attached hydrogen (secondary N) is 1. The van der Waals surface area contributed by atoms with E-state index in [-0.39, 0.29) is 24.2 Å².